The van der Waals surface area contributed by atoms with E-state index in [0.29, 0.717) is 11.6 Å². The molecule has 5 heteroatoms. The molecule has 0 saturated heterocycles. The van der Waals surface area contributed by atoms with Crippen LogP contribution in [0.15, 0.2) is 23.1 Å². The highest BCUT2D eigenvalue weighted by molar-refractivity contribution is 5.76. The van der Waals surface area contributed by atoms with E-state index >= 15 is 0 Å². The first kappa shape index (κ1) is 14.2. The van der Waals surface area contributed by atoms with Gasteiger partial charge in [0.05, 0.1) is 0 Å². The molecule has 1 heterocycles. The Balaban J connectivity index is 1.59. The first-order chi connectivity index (χ1) is 10.0. The third kappa shape index (κ3) is 2.96. The maximum absolute atomic E-state index is 12.1. The maximum atomic E-state index is 12.1. The number of hydrogen-bond donors (Lipinski definition) is 2. The lowest BCUT2D eigenvalue weighted by molar-refractivity contribution is -0.122. The predicted molar refractivity (Wildman–Crippen MR) is 81.7 cm³/mol. The summed E-state index contributed by atoms with van der Waals surface area (Å²) in [7, 11) is 0. The fraction of sp³-hybridized carbons (Fsp3) is 0.625. The summed E-state index contributed by atoms with van der Waals surface area (Å²) >= 11 is 0. The number of rotatable bonds is 4. The van der Waals surface area contributed by atoms with E-state index in [4.69, 9.17) is 5.73 Å². The quantitative estimate of drug-likeness (QED) is 0.879. The number of pyridine rings is 1. The summed E-state index contributed by atoms with van der Waals surface area (Å²) < 4.78 is 1.36. The number of carbonyl (C=O) groups is 1. The van der Waals surface area contributed by atoms with E-state index in [9.17, 15) is 9.59 Å². The van der Waals surface area contributed by atoms with Gasteiger partial charge in [-0.05, 0) is 50.0 Å². The van der Waals surface area contributed by atoms with Crippen molar-refractivity contribution in [3.8, 4) is 0 Å². The molecule has 2 aliphatic carbocycles. The Morgan fingerprint density at radius 3 is 2.90 bits per heavy atom. The van der Waals surface area contributed by atoms with Gasteiger partial charge >= 0.3 is 0 Å². The molecule has 4 atom stereocenters. The van der Waals surface area contributed by atoms with Crippen molar-refractivity contribution >= 4 is 11.6 Å². The van der Waals surface area contributed by atoms with Gasteiger partial charge < -0.3 is 15.6 Å². The Labute approximate surface area is 124 Å². The minimum absolute atomic E-state index is 0.0367. The Hall–Kier alpha value is -1.78. The summed E-state index contributed by atoms with van der Waals surface area (Å²) in [5.74, 6) is 2.14. The number of nitrogens with zero attached hydrogens (tertiary/aromatic N) is 1. The molecule has 114 valence electrons. The van der Waals surface area contributed by atoms with Crippen LogP contribution in [0.5, 0.6) is 0 Å². The van der Waals surface area contributed by atoms with Gasteiger partial charge in [-0.25, -0.2) is 0 Å². The van der Waals surface area contributed by atoms with E-state index in [1.54, 1.807) is 6.07 Å². The number of fused-ring (bicyclic) bond motifs is 2. The Bertz CT molecular complexity index is 595. The lowest BCUT2D eigenvalue weighted by Gasteiger charge is -2.28. The number of nitrogens with one attached hydrogen (secondary N) is 1. The normalized spacial score (nSPS) is 28.5. The molecule has 2 saturated carbocycles. The lowest BCUT2D eigenvalue weighted by Crippen LogP contribution is -2.42. The number of hydrogen-bond acceptors (Lipinski definition) is 3. The van der Waals surface area contributed by atoms with Crippen molar-refractivity contribution < 1.29 is 4.79 Å². The van der Waals surface area contributed by atoms with E-state index in [-0.39, 0.29) is 24.1 Å². The highest BCUT2D eigenvalue weighted by Crippen LogP contribution is 2.49. The van der Waals surface area contributed by atoms with Crippen molar-refractivity contribution in [2.24, 2.45) is 17.8 Å². The first-order valence-corrected chi connectivity index (χ1v) is 7.78. The van der Waals surface area contributed by atoms with E-state index in [2.05, 4.69) is 12.2 Å². The number of amides is 1. The van der Waals surface area contributed by atoms with Gasteiger partial charge in [0.15, 0.2) is 0 Å². The van der Waals surface area contributed by atoms with Crippen LogP contribution in [-0.2, 0) is 11.3 Å². The van der Waals surface area contributed by atoms with Crippen molar-refractivity contribution in [2.45, 2.75) is 45.2 Å². The molecule has 0 aliphatic heterocycles. The van der Waals surface area contributed by atoms with Gasteiger partial charge in [-0.3, -0.25) is 9.59 Å². The molecule has 2 fully saturated rings. The number of nitrogen functional groups attached to an aromatic ring is 1. The standard InChI is InChI=1S/C16H23N3O2/c1-10(14-7-11-2-3-12(14)6-11)18-15(20)9-19-8-13(17)4-5-16(19)21/h4-5,8,10-12,14H,2-3,6-7,9,17H2,1H3,(H,18,20). The molecule has 0 spiro atoms. The Kier molecular flexibility index (Phi) is 3.74. The molecule has 1 aromatic rings. The molecule has 2 bridgehead atoms. The summed E-state index contributed by atoms with van der Waals surface area (Å²) in [6, 6.07) is 3.13. The Morgan fingerprint density at radius 1 is 1.43 bits per heavy atom. The Morgan fingerprint density at radius 2 is 2.24 bits per heavy atom. The SMILES string of the molecule is CC(NC(=O)Cn1cc(N)ccc1=O)C1CC2CCC1C2. The zero-order valence-electron chi connectivity index (χ0n) is 12.4. The second-order valence-electron chi connectivity index (χ2n) is 6.62. The molecule has 0 aromatic carbocycles. The highest BCUT2D eigenvalue weighted by atomic mass is 16.2. The van der Waals surface area contributed by atoms with Crippen molar-refractivity contribution in [3.63, 3.8) is 0 Å². The fourth-order valence-electron chi connectivity index (χ4n) is 4.14. The van der Waals surface area contributed by atoms with Gasteiger partial charge in [0.25, 0.3) is 5.56 Å². The topological polar surface area (TPSA) is 77.1 Å². The summed E-state index contributed by atoms with van der Waals surface area (Å²) in [6.45, 7) is 2.13. The highest BCUT2D eigenvalue weighted by Gasteiger charge is 2.42. The van der Waals surface area contributed by atoms with Crippen LogP contribution in [0.25, 0.3) is 0 Å². The molecule has 5 nitrogen and oxygen atoms in total. The number of anilines is 1. The summed E-state index contributed by atoms with van der Waals surface area (Å²) in [5, 5.41) is 3.06. The zero-order chi connectivity index (χ0) is 15.0. The minimum Gasteiger partial charge on any atom is -0.398 e. The van der Waals surface area contributed by atoms with E-state index in [0.717, 1.165) is 11.8 Å². The molecule has 3 rings (SSSR count). The van der Waals surface area contributed by atoms with Crippen LogP contribution in [-0.4, -0.2) is 16.5 Å². The second-order valence-corrected chi connectivity index (χ2v) is 6.62. The second kappa shape index (κ2) is 5.54. The van der Waals surface area contributed by atoms with Crippen molar-refractivity contribution in [1.29, 1.82) is 0 Å². The molecule has 4 unspecified atom stereocenters. The summed E-state index contributed by atoms with van der Waals surface area (Å²) in [5.41, 5.74) is 5.94. The molecule has 1 amide bonds. The number of aromatic nitrogens is 1. The van der Waals surface area contributed by atoms with Crippen LogP contribution in [0, 0.1) is 17.8 Å². The maximum Gasteiger partial charge on any atom is 0.251 e. The van der Waals surface area contributed by atoms with Gasteiger partial charge in [-0.15, -0.1) is 0 Å². The van der Waals surface area contributed by atoms with Crippen LogP contribution in [0.2, 0.25) is 0 Å². The third-order valence-electron chi connectivity index (χ3n) is 5.14. The smallest absolute Gasteiger partial charge is 0.251 e. The van der Waals surface area contributed by atoms with Crippen molar-refractivity contribution in [2.75, 3.05) is 5.73 Å². The van der Waals surface area contributed by atoms with Crippen LogP contribution in [0.4, 0.5) is 5.69 Å². The van der Waals surface area contributed by atoms with Crippen molar-refractivity contribution in [3.05, 3.63) is 28.7 Å². The predicted octanol–water partition coefficient (Wildman–Crippen LogP) is 1.37. The van der Waals surface area contributed by atoms with Gasteiger partial charge in [0.2, 0.25) is 5.91 Å². The molecular weight excluding hydrogens is 266 g/mol. The van der Waals surface area contributed by atoms with Gasteiger partial charge in [-0.1, -0.05) is 6.42 Å². The number of nitrogens with two attached hydrogens (primary N) is 1. The largest absolute Gasteiger partial charge is 0.398 e. The average Bonchev–Trinajstić information content (AvgIpc) is 3.05. The van der Waals surface area contributed by atoms with Gasteiger partial charge in [-0.2, -0.15) is 0 Å². The molecule has 21 heavy (non-hydrogen) atoms. The molecule has 0 radical (unpaired) electrons. The van der Waals surface area contributed by atoms with Gasteiger partial charge in [0.1, 0.15) is 6.54 Å². The lowest BCUT2D eigenvalue weighted by atomic mass is 9.84. The van der Waals surface area contributed by atoms with Crippen molar-refractivity contribution in [1.82, 2.24) is 9.88 Å². The molecule has 3 N–H and O–H groups in total. The number of carbonyl (C=O) groups excluding carboxylic acids is 1. The van der Waals surface area contributed by atoms with E-state index in [1.807, 2.05) is 0 Å². The van der Waals surface area contributed by atoms with Gasteiger partial charge in [0, 0.05) is 24.0 Å². The molecule has 1 aromatic heterocycles. The van der Waals surface area contributed by atoms with E-state index < -0.39 is 0 Å². The van der Waals surface area contributed by atoms with Crippen LogP contribution in [0.1, 0.15) is 32.6 Å². The minimum atomic E-state index is -0.202. The van der Waals surface area contributed by atoms with Crippen LogP contribution >= 0.6 is 0 Å². The van der Waals surface area contributed by atoms with Crippen LogP contribution in [0.3, 0.4) is 0 Å². The first-order valence-electron chi connectivity index (χ1n) is 7.78. The van der Waals surface area contributed by atoms with Crippen LogP contribution < -0.4 is 16.6 Å². The summed E-state index contributed by atoms with van der Waals surface area (Å²) in [6.07, 6.45) is 6.76. The molecule has 2 aliphatic rings. The third-order valence-corrected chi connectivity index (χ3v) is 5.14. The summed E-state index contributed by atoms with van der Waals surface area (Å²) in [4.78, 5) is 23.8. The van der Waals surface area contributed by atoms with E-state index in [1.165, 1.54) is 42.5 Å². The monoisotopic (exact) mass is 289 g/mol. The molecular formula is C16H23N3O2. The average molecular weight is 289 g/mol. The zero-order valence-corrected chi connectivity index (χ0v) is 12.4. The fourth-order valence-corrected chi connectivity index (χ4v) is 4.14.